The summed E-state index contributed by atoms with van der Waals surface area (Å²) in [6.07, 6.45) is 0.899. The van der Waals surface area contributed by atoms with Gasteiger partial charge in [-0.15, -0.1) is 0 Å². The Hall–Kier alpha value is -1.59. The zero-order valence-electron chi connectivity index (χ0n) is 11.4. The fourth-order valence-electron chi connectivity index (χ4n) is 1.76. The van der Waals surface area contributed by atoms with Gasteiger partial charge in [-0.2, -0.15) is 0 Å². The van der Waals surface area contributed by atoms with Gasteiger partial charge in [-0.25, -0.2) is 4.79 Å². The third kappa shape index (κ3) is 7.43. The first-order valence-corrected chi connectivity index (χ1v) is 6.57. The minimum absolute atomic E-state index is 0.0345. The fourth-order valence-corrected chi connectivity index (χ4v) is 1.76. The lowest BCUT2D eigenvalue weighted by Crippen LogP contribution is -2.38. The number of aliphatic hydroxyl groups excluding tert-OH is 1. The summed E-state index contributed by atoms with van der Waals surface area (Å²) in [5.74, 6) is 0. The van der Waals surface area contributed by atoms with Crippen molar-refractivity contribution in [1.82, 2.24) is 15.5 Å². The molecule has 5 nitrogen and oxygen atoms in total. The van der Waals surface area contributed by atoms with Crippen LogP contribution in [0.5, 0.6) is 0 Å². The van der Waals surface area contributed by atoms with Gasteiger partial charge in [0.15, 0.2) is 0 Å². The zero-order valence-corrected chi connectivity index (χ0v) is 11.4. The number of carbonyl (C=O) groups excluding carboxylic acids is 1. The van der Waals surface area contributed by atoms with E-state index in [-0.39, 0.29) is 12.6 Å². The van der Waals surface area contributed by atoms with Crippen molar-refractivity contribution in [3.8, 4) is 0 Å². The molecule has 0 radical (unpaired) electrons. The Labute approximate surface area is 114 Å². The number of urea groups is 1. The SMILES string of the molecule is CN(CCCNC(=O)NCCO)Cc1ccccc1. The van der Waals surface area contributed by atoms with Crippen molar-refractivity contribution in [2.45, 2.75) is 13.0 Å². The van der Waals surface area contributed by atoms with Crippen molar-refractivity contribution in [1.29, 1.82) is 0 Å². The van der Waals surface area contributed by atoms with E-state index in [2.05, 4.69) is 34.7 Å². The highest BCUT2D eigenvalue weighted by molar-refractivity contribution is 5.73. The summed E-state index contributed by atoms with van der Waals surface area (Å²) >= 11 is 0. The molecule has 0 unspecified atom stereocenters. The van der Waals surface area contributed by atoms with E-state index in [9.17, 15) is 4.79 Å². The van der Waals surface area contributed by atoms with Gasteiger partial charge in [0, 0.05) is 19.6 Å². The van der Waals surface area contributed by atoms with Crippen molar-refractivity contribution in [3.05, 3.63) is 35.9 Å². The van der Waals surface area contributed by atoms with E-state index in [0.29, 0.717) is 13.1 Å². The van der Waals surface area contributed by atoms with Gasteiger partial charge in [0.1, 0.15) is 0 Å². The molecule has 0 heterocycles. The predicted octanol–water partition coefficient (Wildman–Crippen LogP) is 0.800. The molecular formula is C14H23N3O2. The summed E-state index contributed by atoms with van der Waals surface area (Å²) in [5, 5.41) is 13.8. The van der Waals surface area contributed by atoms with Crippen LogP contribution in [0.15, 0.2) is 30.3 Å². The van der Waals surface area contributed by atoms with E-state index < -0.39 is 0 Å². The summed E-state index contributed by atoms with van der Waals surface area (Å²) in [4.78, 5) is 13.4. The van der Waals surface area contributed by atoms with E-state index in [1.54, 1.807) is 0 Å². The second-order valence-electron chi connectivity index (χ2n) is 4.48. The van der Waals surface area contributed by atoms with E-state index in [0.717, 1.165) is 19.5 Å². The van der Waals surface area contributed by atoms with Crippen molar-refractivity contribution >= 4 is 6.03 Å². The smallest absolute Gasteiger partial charge is 0.314 e. The van der Waals surface area contributed by atoms with Gasteiger partial charge in [0.05, 0.1) is 6.61 Å². The first-order valence-electron chi connectivity index (χ1n) is 6.57. The first kappa shape index (κ1) is 15.5. The molecule has 1 aromatic rings. The fraction of sp³-hybridized carbons (Fsp3) is 0.500. The topological polar surface area (TPSA) is 64.6 Å². The maximum absolute atomic E-state index is 11.2. The lowest BCUT2D eigenvalue weighted by atomic mass is 10.2. The molecule has 1 aromatic carbocycles. The van der Waals surface area contributed by atoms with Gasteiger partial charge in [-0.1, -0.05) is 30.3 Å². The molecule has 0 bridgehead atoms. The Kier molecular flexibility index (Phi) is 7.62. The molecule has 2 amide bonds. The van der Waals surface area contributed by atoms with E-state index >= 15 is 0 Å². The van der Waals surface area contributed by atoms with Gasteiger partial charge in [-0.3, -0.25) is 0 Å². The van der Waals surface area contributed by atoms with Crippen molar-refractivity contribution in [3.63, 3.8) is 0 Å². The van der Waals surface area contributed by atoms with Crippen LogP contribution in [0.4, 0.5) is 4.79 Å². The molecule has 0 aliphatic carbocycles. The molecular weight excluding hydrogens is 242 g/mol. The molecule has 0 fully saturated rings. The lowest BCUT2D eigenvalue weighted by Gasteiger charge is -2.16. The average molecular weight is 265 g/mol. The molecule has 0 aliphatic rings. The third-order valence-corrected chi connectivity index (χ3v) is 2.69. The zero-order chi connectivity index (χ0) is 13.9. The number of hydrogen-bond acceptors (Lipinski definition) is 3. The second-order valence-corrected chi connectivity index (χ2v) is 4.48. The normalized spacial score (nSPS) is 10.5. The van der Waals surface area contributed by atoms with E-state index in [1.165, 1.54) is 5.56 Å². The van der Waals surface area contributed by atoms with Crippen LogP contribution >= 0.6 is 0 Å². The van der Waals surface area contributed by atoms with Crippen LogP contribution in [0.25, 0.3) is 0 Å². The maximum Gasteiger partial charge on any atom is 0.314 e. The molecule has 0 saturated heterocycles. The number of aliphatic hydroxyl groups is 1. The second kappa shape index (κ2) is 9.35. The largest absolute Gasteiger partial charge is 0.395 e. The van der Waals surface area contributed by atoms with Crippen LogP contribution in [0, 0.1) is 0 Å². The first-order chi connectivity index (χ1) is 9.22. The molecule has 3 N–H and O–H groups in total. The van der Waals surface area contributed by atoms with E-state index in [1.807, 2.05) is 18.2 Å². The number of amides is 2. The number of hydrogen-bond donors (Lipinski definition) is 3. The number of nitrogens with zero attached hydrogens (tertiary/aromatic N) is 1. The highest BCUT2D eigenvalue weighted by Gasteiger charge is 2.01. The predicted molar refractivity (Wildman–Crippen MR) is 75.9 cm³/mol. The minimum atomic E-state index is -0.222. The van der Waals surface area contributed by atoms with Crippen molar-refractivity contribution in [2.75, 3.05) is 33.3 Å². The van der Waals surface area contributed by atoms with Crippen LogP contribution in [0.2, 0.25) is 0 Å². The number of nitrogens with one attached hydrogen (secondary N) is 2. The monoisotopic (exact) mass is 265 g/mol. The Morgan fingerprint density at radius 1 is 1.21 bits per heavy atom. The van der Waals surface area contributed by atoms with Crippen LogP contribution in [-0.4, -0.2) is 49.3 Å². The Morgan fingerprint density at radius 3 is 2.58 bits per heavy atom. The third-order valence-electron chi connectivity index (χ3n) is 2.69. The average Bonchev–Trinajstić information content (AvgIpc) is 2.42. The lowest BCUT2D eigenvalue weighted by molar-refractivity contribution is 0.233. The standard InChI is InChI=1S/C14H23N3O2/c1-17(12-13-6-3-2-4-7-13)10-5-8-15-14(19)16-9-11-18/h2-4,6-7,18H,5,8-12H2,1H3,(H2,15,16,19). The molecule has 0 aromatic heterocycles. The Morgan fingerprint density at radius 2 is 1.89 bits per heavy atom. The maximum atomic E-state index is 11.2. The molecule has 106 valence electrons. The van der Waals surface area contributed by atoms with Crippen LogP contribution in [-0.2, 0) is 6.54 Å². The van der Waals surface area contributed by atoms with Gasteiger partial charge >= 0.3 is 6.03 Å². The Bertz CT molecular complexity index is 357. The summed E-state index contributed by atoms with van der Waals surface area (Å²) < 4.78 is 0. The highest BCUT2D eigenvalue weighted by Crippen LogP contribution is 2.02. The summed E-state index contributed by atoms with van der Waals surface area (Å²) in [5.41, 5.74) is 1.29. The van der Waals surface area contributed by atoms with Gasteiger partial charge in [0.2, 0.25) is 0 Å². The van der Waals surface area contributed by atoms with Crippen LogP contribution in [0.1, 0.15) is 12.0 Å². The molecule has 5 heteroatoms. The highest BCUT2D eigenvalue weighted by atomic mass is 16.3. The van der Waals surface area contributed by atoms with E-state index in [4.69, 9.17) is 5.11 Å². The summed E-state index contributed by atoms with van der Waals surface area (Å²) in [7, 11) is 2.07. The van der Waals surface area contributed by atoms with Gasteiger partial charge in [-0.05, 0) is 25.6 Å². The molecule has 1 rings (SSSR count). The van der Waals surface area contributed by atoms with Crippen LogP contribution < -0.4 is 10.6 Å². The van der Waals surface area contributed by atoms with Gasteiger partial charge < -0.3 is 20.6 Å². The molecule has 0 spiro atoms. The molecule has 0 aliphatic heterocycles. The number of carbonyl (C=O) groups is 1. The van der Waals surface area contributed by atoms with Crippen molar-refractivity contribution in [2.24, 2.45) is 0 Å². The minimum Gasteiger partial charge on any atom is -0.395 e. The Balaban J connectivity index is 2.07. The molecule has 0 atom stereocenters. The summed E-state index contributed by atoms with van der Waals surface area (Å²) in [6.45, 7) is 2.73. The number of rotatable bonds is 8. The van der Waals surface area contributed by atoms with Gasteiger partial charge in [0.25, 0.3) is 0 Å². The quantitative estimate of drug-likeness (QED) is 0.609. The number of benzene rings is 1. The van der Waals surface area contributed by atoms with Crippen molar-refractivity contribution < 1.29 is 9.90 Å². The van der Waals surface area contributed by atoms with Crippen LogP contribution in [0.3, 0.4) is 0 Å². The molecule has 19 heavy (non-hydrogen) atoms. The molecule has 0 saturated carbocycles. The summed E-state index contributed by atoms with van der Waals surface area (Å²) in [6, 6.07) is 10.1.